The van der Waals surface area contributed by atoms with Gasteiger partial charge in [0.05, 0.1) is 13.2 Å². The predicted octanol–water partition coefficient (Wildman–Crippen LogP) is 5.54. The number of nitrogens with zero attached hydrogens (tertiary/aromatic N) is 1. The lowest BCUT2D eigenvalue weighted by atomic mass is 9.93. The Morgan fingerprint density at radius 3 is 2.33 bits per heavy atom. The maximum Gasteiger partial charge on any atom is 0.290 e. The van der Waals surface area contributed by atoms with Crippen LogP contribution in [-0.4, -0.2) is 23.0 Å². The maximum absolute atomic E-state index is 14.8. The van der Waals surface area contributed by atoms with Crippen molar-refractivity contribution in [3.8, 4) is 5.75 Å². The lowest BCUT2D eigenvalue weighted by molar-refractivity contribution is -0.130. The second-order valence-corrected chi connectivity index (χ2v) is 7.41. The normalized spacial score (nSPS) is 16.3. The molecule has 1 aliphatic rings. The summed E-state index contributed by atoms with van der Waals surface area (Å²) >= 11 is 5.96. The summed E-state index contributed by atoms with van der Waals surface area (Å²) < 4.78 is 20.0. The molecule has 0 fully saturated rings. The molecule has 1 atom stereocenters. The average Bonchev–Trinajstić information content (AvgIpc) is 3.00. The van der Waals surface area contributed by atoms with Crippen LogP contribution in [0.5, 0.6) is 5.75 Å². The third kappa shape index (κ3) is 3.64. The molecule has 0 aromatic heterocycles. The van der Waals surface area contributed by atoms with E-state index < -0.39 is 17.8 Å². The highest BCUT2D eigenvalue weighted by atomic mass is 35.5. The van der Waals surface area contributed by atoms with Crippen LogP contribution in [0.2, 0.25) is 5.02 Å². The zero-order valence-corrected chi connectivity index (χ0v) is 16.9. The highest BCUT2D eigenvalue weighted by Gasteiger charge is 2.42. The van der Waals surface area contributed by atoms with E-state index in [0.29, 0.717) is 27.5 Å². The van der Waals surface area contributed by atoms with Crippen molar-refractivity contribution >= 4 is 23.1 Å². The number of carbonyl (C=O) groups is 1. The van der Waals surface area contributed by atoms with Crippen molar-refractivity contribution in [2.45, 2.75) is 12.6 Å². The van der Waals surface area contributed by atoms with E-state index in [0.717, 1.165) is 5.56 Å². The van der Waals surface area contributed by atoms with Crippen molar-refractivity contribution in [2.24, 2.45) is 0 Å². The summed E-state index contributed by atoms with van der Waals surface area (Å²) in [6.45, 7) is 0.193. The summed E-state index contributed by atoms with van der Waals surface area (Å²) in [5, 5.41) is 11.3. The fraction of sp³-hybridized carbons (Fsp3) is 0.125. The SMILES string of the molecule is COc1ccc(C2=C(O)C(=O)N(Cc3ccc(Cl)cc3)C2c2ccccc2F)cc1. The molecule has 152 valence electrons. The molecule has 0 aliphatic carbocycles. The number of methoxy groups -OCH3 is 1. The van der Waals surface area contributed by atoms with Gasteiger partial charge in [-0.25, -0.2) is 4.39 Å². The molecule has 4 rings (SSSR count). The molecule has 1 amide bonds. The molecule has 1 aliphatic heterocycles. The molecule has 0 saturated heterocycles. The van der Waals surface area contributed by atoms with Crippen molar-refractivity contribution in [1.82, 2.24) is 4.90 Å². The topological polar surface area (TPSA) is 49.8 Å². The fourth-order valence-corrected chi connectivity index (χ4v) is 3.81. The molecule has 0 radical (unpaired) electrons. The van der Waals surface area contributed by atoms with Crippen molar-refractivity contribution in [3.63, 3.8) is 0 Å². The van der Waals surface area contributed by atoms with E-state index in [1.807, 2.05) is 0 Å². The number of aliphatic hydroxyl groups excluding tert-OH is 1. The Morgan fingerprint density at radius 2 is 1.70 bits per heavy atom. The van der Waals surface area contributed by atoms with Gasteiger partial charge in [0.15, 0.2) is 5.76 Å². The lowest BCUT2D eigenvalue weighted by Crippen LogP contribution is -2.30. The molecule has 1 unspecified atom stereocenters. The van der Waals surface area contributed by atoms with E-state index in [1.165, 1.54) is 11.0 Å². The Hall–Kier alpha value is -3.31. The first kappa shape index (κ1) is 20.0. The van der Waals surface area contributed by atoms with Crippen LogP contribution in [-0.2, 0) is 11.3 Å². The first-order chi connectivity index (χ1) is 14.5. The van der Waals surface area contributed by atoms with E-state index in [9.17, 15) is 14.3 Å². The largest absolute Gasteiger partial charge is 0.503 e. The molecule has 0 saturated carbocycles. The van der Waals surface area contributed by atoms with Crippen LogP contribution in [0.4, 0.5) is 4.39 Å². The number of benzene rings is 3. The molecule has 4 nitrogen and oxygen atoms in total. The van der Waals surface area contributed by atoms with Crippen LogP contribution in [0.15, 0.2) is 78.6 Å². The van der Waals surface area contributed by atoms with E-state index in [4.69, 9.17) is 16.3 Å². The average molecular weight is 424 g/mol. The Balaban J connectivity index is 1.81. The van der Waals surface area contributed by atoms with E-state index in [1.54, 1.807) is 73.8 Å². The van der Waals surface area contributed by atoms with Crippen LogP contribution < -0.4 is 4.74 Å². The van der Waals surface area contributed by atoms with Gasteiger partial charge < -0.3 is 14.7 Å². The van der Waals surface area contributed by atoms with Gasteiger partial charge in [-0.2, -0.15) is 0 Å². The summed E-state index contributed by atoms with van der Waals surface area (Å²) in [4.78, 5) is 14.5. The molecular weight excluding hydrogens is 405 g/mol. The molecule has 6 heteroatoms. The Bertz CT molecular complexity index is 1110. The van der Waals surface area contributed by atoms with Crippen LogP contribution in [0.1, 0.15) is 22.7 Å². The maximum atomic E-state index is 14.8. The number of amides is 1. The highest BCUT2D eigenvalue weighted by Crippen LogP contribution is 2.44. The molecule has 3 aromatic rings. The Kier molecular flexibility index (Phi) is 5.46. The van der Waals surface area contributed by atoms with Gasteiger partial charge in [-0.1, -0.05) is 54.1 Å². The van der Waals surface area contributed by atoms with Gasteiger partial charge in [0, 0.05) is 22.7 Å². The summed E-state index contributed by atoms with van der Waals surface area (Å²) in [6, 6.07) is 19.5. The molecule has 30 heavy (non-hydrogen) atoms. The zero-order chi connectivity index (χ0) is 21.3. The van der Waals surface area contributed by atoms with Crippen molar-refractivity contribution in [1.29, 1.82) is 0 Å². The number of carbonyl (C=O) groups excluding carboxylic acids is 1. The number of ether oxygens (including phenoxy) is 1. The Morgan fingerprint density at radius 1 is 1.03 bits per heavy atom. The second kappa shape index (κ2) is 8.20. The van der Waals surface area contributed by atoms with E-state index in [-0.39, 0.29) is 12.3 Å². The Labute approximate surface area is 178 Å². The molecule has 1 heterocycles. The number of rotatable bonds is 5. The monoisotopic (exact) mass is 423 g/mol. The first-order valence-electron chi connectivity index (χ1n) is 9.37. The minimum absolute atomic E-state index is 0.193. The van der Waals surface area contributed by atoms with Crippen molar-refractivity contribution < 1.29 is 19.0 Å². The molecular formula is C24H19ClFNO3. The fourth-order valence-electron chi connectivity index (χ4n) is 3.69. The third-order valence-corrected chi connectivity index (χ3v) is 5.42. The minimum Gasteiger partial charge on any atom is -0.503 e. The van der Waals surface area contributed by atoms with Crippen LogP contribution in [0.3, 0.4) is 0 Å². The zero-order valence-electron chi connectivity index (χ0n) is 16.2. The highest BCUT2D eigenvalue weighted by molar-refractivity contribution is 6.30. The minimum atomic E-state index is -0.775. The predicted molar refractivity (Wildman–Crippen MR) is 114 cm³/mol. The second-order valence-electron chi connectivity index (χ2n) is 6.97. The van der Waals surface area contributed by atoms with Gasteiger partial charge in [-0.15, -0.1) is 0 Å². The standard InChI is InChI=1S/C24H19ClFNO3/c1-30-18-12-8-16(9-13-18)21-22(19-4-2-3-5-20(19)26)27(24(29)23(21)28)14-15-6-10-17(25)11-7-15/h2-13,22,28H,14H2,1H3. The molecule has 0 spiro atoms. The van der Waals surface area contributed by atoms with Crippen LogP contribution in [0.25, 0.3) is 5.57 Å². The van der Waals surface area contributed by atoms with E-state index >= 15 is 0 Å². The number of halogens is 2. The molecule has 3 aromatic carbocycles. The molecule has 0 bridgehead atoms. The van der Waals surface area contributed by atoms with Crippen molar-refractivity contribution in [3.05, 3.63) is 106 Å². The smallest absolute Gasteiger partial charge is 0.290 e. The number of aliphatic hydroxyl groups is 1. The van der Waals surface area contributed by atoms with Gasteiger partial charge in [-0.05, 0) is 41.5 Å². The van der Waals surface area contributed by atoms with Gasteiger partial charge in [0.2, 0.25) is 0 Å². The molecule has 1 N–H and O–H groups in total. The van der Waals surface area contributed by atoms with Crippen LogP contribution in [0, 0.1) is 5.82 Å². The van der Waals surface area contributed by atoms with Gasteiger partial charge in [0.1, 0.15) is 11.6 Å². The third-order valence-electron chi connectivity index (χ3n) is 5.17. The van der Waals surface area contributed by atoms with Gasteiger partial charge in [-0.3, -0.25) is 4.79 Å². The number of hydrogen-bond donors (Lipinski definition) is 1. The lowest BCUT2D eigenvalue weighted by Gasteiger charge is -2.28. The van der Waals surface area contributed by atoms with E-state index in [2.05, 4.69) is 0 Å². The van der Waals surface area contributed by atoms with Crippen LogP contribution >= 0.6 is 11.6 Å². The first-order valence-corrected chi connectivity index (χ1v) is 9.75. The van der Waals surface area contributed by atoms with Gasteiger partial charge in [0.25, 0.3) is 5.91 Å². The van der Waals surface area contributed by atoms with Crippen molar-refractivity contribution in [2.75, 3.05) is 7.11 Å². The number of hydrogen-bond acceptors (Lipinski definition) is 3. The summed E-state index contributed by atoms with van der Waals surface area (Å²) in [5.41, 5.74) is 2.11. The summed E-state index contributed by atoms with van der Waals surface area (Å²) in [6.07, 6.45) is 0. The van der Waals surface area contributed by atoms with Gasteiger partial charge >= 0.3 is 0 Å². The summed E-state index contributed by atoms with van der Waals surface area (Å²) in [7, 11) is 1.56. The quantitative estimate of drug-likeness (QED) is 0.586. The summed E-state index contributed by atoms with van der Waals surface area (Å²) in [5.74, 6) is -0.743.